The van der Waals surface area contributed by atoms with Crippen molar-refractivity contribution in [1.82, 2.24) is 9.78 Å². The molecule has 90 valence electrons. The van der Waals surface area contributed by atoms with E-state index in [1.165, 1.54) is 0 Å². The van der Waals surface area contributed by atoms with Crippen LogP contribution in [0, 0.1) is 5.82 Å². The van der Waals surface area contributed by atoms with Gasteiger partial charge in [0.25, 0.3) is 0 Å². The van der Waals surface area contributed by atoms with Crippen molar-refractivity contribution >= 4 is 15.9 Å². The van der Waals surface area contributed by atoms with Crippen LogP contribution >= 0.6 is 15.9 Å². The summed E-state index contributed by atoms with van der Waals surface area (Å²) in [5.41, 5.74) is 0.832. The molecule has 1 heterocycles. The minimum Gasteiger partial charge on any atom is -0.383 e. The van der Waals surface area contributed by atoms with Gasteiger partial charge in [-0.2, -0.15) is 5.10 Å². The first kappa shape index (κ1) is 12.3. The van der Waals surface area contributed by atoms with Gasteiger partial charge in [0.05, 0.1) is 10.7 Å². The fourth-order valence-electron chi connectivity index (χ4n) is 1.60. The van der Waals surface area contributed by atoms with Crippen LogP contribution in [-0.2, 0) is 6.54 Å². The van der Waals surface area contributed by atoms with E-state index in [0.29, 0.717) is 16.6 Å². The van der Waals surface area contributed by atoms with Crippen LogP contribution in [-0.4, -0.2) is 14.9 Å². The van der Waals surface area contributed by atoms with Crippen LogP contribution in [0.25, 0.3) is 0 Å². The Bertz CT molecular complexity index is 527. The van der Waals surface area contributed by atoms with Crippen LogP contribution < -0.4 is 0 Å². The van der Waals surface area contributed by atoms with Crippen molar-refractivity contribution in [1.29, 1.82) is 0 Å². The number of aromatic nitrogens is 2. The van der Waals surface area contributed by atoms with E-state index in [9.17, 15) is 9.50 Å². The Morgan fingerprint density at radius 3 is 2.94 bits per heavy atom. The monoisotopic (exact) mass is 298 g/mol. The summed E-state index contributed by atoms with van der Waals surface area (Å²) in [4.78, 5) is 0. The summed E-state index contributed by atoms with van der Waals surface area (Å²) in [6.07, 6.45) is 2.27. The van der Waals surface area contributed by atoms with Gasteiger partial charge in [0.15, 0.2) is 0 Å². The molecule has 0 amide bonds. The van der Waals surface area contributed by atoms with Gasteiger partial charge in [-0.1, -0.05) is 12.1 Å². The smallest absolute Gasteiger partial charge is 0.143 e. The number of hydrogen-bond acceptors (Lipinski definition) is 2. The lowest BCUT2D eigenvalue weighted by atomic mass is 10.0. The Morgan fingerprint density at radius 2 is 2.29 bits per heavy atom. The maximum Gasteiger partial charge on any atom is 0.143 e. The van der Waals surface area contributed by atoms with E-state index in [1.807, 2.05) is 6.92 Å². The van der Waals surface area contributed by atoms with Gasteiger partial charge in [0.1, 0.15) is 11.9 Å². The molecule has 0 spiro atoms. The Balaban J connectivity index is 2.36. The number of aliphatic hydroxyl groups is 1. The van der Waals surface area contributed by atoms with Crippen LogP contribution in [0.3, 0.4) is 0 Å². The molecule has 5 heteroatoms. The zero-order valence-electron chi connectivity index (χ0n) is 9.27. The summed E-state index contributed by atoms with van der Waals surface area (Å²) in [6, 6.07) is 4.85. The fraction of sp³-hybridized carbons (Fsp3) is 0.250. The number of aryl methyl sites for hydroxylation is 1. The third-order valence-corrected chi connectivity index (χ3v) is 3.18. The highest BCUT2D eigenvalue weighted by molar-refractivity contribution is 9.10. The summed E-state index contributed by atoms with van der Waals surface area (Å²) in [6.45, 7) is 2.66. The Morgan fingerprint density at radius 1 is 1.53 bits per heavy atom. The van der Waals surface area contributed by atoms with E-state index in [1.54, 1.807) is 35.3 Å². The van der Waals surface area contributed by atoms with Crippen molar-refractivity contribution in [2.75, 3.05) is 0 Å². The van der Waals surface area contributed by atoms with E-state index in [2.05, 4.69) is 21.0 Å². The van der Waals surface area contributed by atoms with Crippen LogP contribution in [0.5, 0.6) is 0 Å². The van der Waals surface area contributed by atoms with Crippen molar-refractivity contribution in [3.05, 3.63) is 52.0 Å². The molecule has 2 rings (SSSR count). The number of aliphatic hydroxyl groups excluding tert-OH is 1. The Kier molecular flexibility index (Phi) is 3.59. The zero-order valence-corrected chi connectivity index (χ0v) is 10.9. The zero-order chi connectivity index (χ0) is 12.4. The first-order valence-corrected chi connectivity index (χ1v) is 6.07. The van der Waals surface area contributed by atoms with Crippen molar-refractivity contribution in [3.8, 4) is 0 Å². The highest BCUT2D eigenvalue weighted by Crippen LogP contribution is 2.27. The van der Waals surface area contributed by atoms with Crippen molar-refractivity contribution in [2.24, 2.45) is 0 Å². The summed E-state index contributed by atoms with van der Waals surface area (Å²) < 4.78 is 15.8. The molecule has 1 N–H and O–H groups in total. The summed E-state index contributed by atoms with van der Waals surface area (Å²) in [5, 5.41) is 14.1. The summed E-state index contributed by atoms with van der Waals surface area (Å²) in [5.74, 6) is -0.441. The van der Waals surface area contributed by atoms with Gasteiger partial charge in [0.2, 0.25) is 0 Å². The molecule has 0 aliphatic heterocycles. The third-order valence-electron chi connectivity index (χ3n) is 2.57. The number of rotatable bonds is 3. The standard InChI is InChI=1S/C12H12BrFN2O/c1-2-16-7-8(6-15-16)12(17)9-4-3-5-10(13)11(9)14/h3-7,12,17H,2H2,1H3. The lowest BCUT2D eigenvalue weighted by molar-refractivity contribution is 0.214. The molecule has 1 aromatic heterocycles. The van der Waals surface area contributed by atoms with Gasteiger partial charge in [-0.15, -0.1) is 0 Å². The quantitative estimate of drug-likeness (QED) is 0.946. The van der Waals surface area contributed by atoms with Crippen LogP contribution in [0.15, 0.2) is 35.1 Å². The Hall–Kier alpha value is -1.20. The average Bonchev–Trinajstić information content (AvgIpc) is 2.80. The first-order valence-electron chi connectivity index (χ1n) is 5.27. The molecule has 2 aromatic rings. The first-order chi connectivity index (χ1) is 8.13. The maximum atomic E-state index is 13.8. The molecule has 1 aromatic carbocycles. The van der Waals surface area contributed by atoms with Gasteiger partial charge in [-0.25, -0.2) is 4.39 Å². The minimum absolute atomic E-state index is 0.245. The lowest BCUT2D eigenvalue weighted by Crippen LogP contribution is -2.02. The molecular formula is C12H12BrFN2O. The van der Waals surface area contributed by atoms with Gasteiger partial charge in [0, 0.05) is 23.9 Å². The predicted octanol–water partition coefficient (Wildman–Crippen LogP) is 2.89. The SMILES string of the molecule is CCn1cc(C(O)c2cccc(Br)c2F)cn1. The normalized spacial score (nSPS) is 12.7. The van der Waals surface area contributed by atoms with Gasteiger partial charge >= 0.3 is 0 Å². The second-order valence-corrected chi connectivity index (χ2v) is 4.53. The van der Waals surface area contributed by atoms with Crippen LogP contribution in [0.4, 0.5) is 4.39 Å². The molecule has 0 aliphatic carbocycles. The summed E-state index contributed by atoms with van der Waals surface area (Å²) >= 11 is 3.10. The molecule has 1 atom stereocenters. The minimum atomic E-state index is -0.993. The molecule has 0 saturated carbocycles. The predicted molar refractivity (Wildman–Crippen MR) is 66.1 cm³/mol. The van der Waals surface area contributed by atoms with Crippen LogP contribution in [0.2, 0.25) is 0 Å². The van der Waals surface area contributed by atoms with Gasteiger partial charge in [-0.3, -0.25) is 4.68 Å². The molecule has 0 fully saturated rings. The van der Waals surface area contributed by atoms with Crippen LogP contribution in [0.1, 0.15) is 24.2 Å². The summed E-state index contributed by atoms with van der Waals surface area (Å²) in [7, 11) is 0. The average molecular weight is 299 g/mol. The molecule has 0 saturated heterocycles. The maximum absolute atomic E-state index is 13.8. The second-order valence-electron chi connectivity index (χ2n) is 3.67. The molecule has 0 bridgehead atoms. The molecule has 0 aliphatic rings. The van der Waals surface area contributed by atoms with Gasteiger partial charge in [-0.05, 0) is 28.9 Å². The Labute approximate surface area is 107 Å². The number of halogens is 2. The number of hydrogen-bond donors (Lipinski definition) is 1. The molecular weight excluding hydrogens is 287 g/mol. The molecule has 1 unspecified atom stereocenters. The largest absolute Gasteiger partial charge is 0.383 e. The highest BCUT2D eigenvalue weighted by Gasteiger charge is 2.17. The second kappa shape index (κ2) is 4.98. The van der Waals surface area contributed by atoms with E-state index < -0.39 is 11.9 Å². The third kappa shape index (κ3) is 2.40. The highest BCUT2D eigenvalue weighted by atomic mass is 79.9. The lowest BCUT2D eigenvalue weighted by Gasteiger charge is -2.10. The molecule has 0 radical (unpaired) electrons. The van der Waals surface area contributed by atoms with Crippen molar-refractivity contribution < 1.29 is 9.50 Å². The molecule has 3 nitrogen and oxygen atoms in total. The number of nitrogens with zero attached hydrogens (tertiary/aromatic N) is 2. The fourth-order valence-corrected chi connectivity index (χ4v) is 1.99. The van der Waals surface area contributed by atoms with E-state index in [4.69, 9.17) is 0 Å². The van der Waals surface area contributed by atoms with Crippen molar-refractivity contribution in [2.45, 2.75) is 19.6 Å². The van der Waals surface area contributed by atoms with Crippen molar-refractivity contribution in [3.63, 3.8) is 0 Å². The van der Waals surface area contributed by atoms with E-state index in [-0.39, 0.29) is 5.56 Å². The topological polar surface area (TPSA) is 38.0 Å². The van der Waals surface area contributed by atoms with E-state index >= 15 is 0 Å². The van der Waals surface area contributed by atoms with E-state index in [0.717, 1.165) is 0 Å². The van der Waals surface area contributed by atoms with Gasteiger partial charge < -0.3 is 5.11 Å². The molecule has 17 heavy (non-hydrogen) atoms. The number of benzene rings is 1.